The van der Waals surface area contributed by atoms with Crippen LogP contribution in [0.2, 0.25) is 0 Å². The van der Waals surface area contributed by atoms with Gasteiger partial charge in [0.15, 0.2) is 0 Å². The maximum atomic E-state index is 11.8. The highest BCUT2D eigenvalue weighted by Crippen LogP contribution is 2.18. The SMILES string of the molecule is CCNC(=O)[C@@H]1CCCN1C(=O)OCC(C)C. The van der Waals surface area contributed by atoms with Crippen LogP contribution in [0.25, 0.3) is 0 Å². The summed E-state index contributed by atoms with van der Waals surface area (Å²) in [4.78, 5) is 25.1. The molecule has 5 nitrogen and oxygen atoms in total. The van der Waals surface area contributed by atoms with Crippen molar-refractivity contribution in [2.75, 3.05) is 19.7 Å². The summed E-state index contributed by atoms with van der Waals surface area (Å²) >= 11 is 0. The van der Waals surface area contributed by atoms with Gasteiger partial charge in [-0.25, -0.2) is 4.79 Å². The first-order valence-corrected chi connectivity index (χ1v) is 6.27. The average molecular weight is 242 g/mol. The normalized spacial score (nSPS) is 19.5. The predicted octanol–water partition coefficient (Wildman–Crippen LogP) is 1.38. The Bertz CT molecular complexity index is 279. The lowest BCUT2D eigenvalue weighted by Gasteiger charge is -2.23. The lowest BCUT2D eigenvalue weighted by molar-refractivity contribution is -0.125. The molecule has 0 bridgehead atoms. The molecule has 0 saturated carbocycles. The van der Waals surface area contributed by atoms with Crippen molar-refractivity contribution in [1.29, 1.82) is 0 Å². The zero-order chi connectivity index (χ0) is 12.8. The number of likely N-dealkylation sites (tertiary alicyclic amines) is 1. The fraction of sp³-hybridized carbons (Fsp3) is 0.833. The molecule has 0 spiro atoms. The predicted molar refractivity (Wildman–Crippen MR) is 64.6 cm³/mol. The Hall–Kier alpha value is -1.26. The summed E-state index contributed by atoms with van der Waals surface area (Å²) in [5.74, 6) is 0.232. The standard InChI is InChI=1S/C12H22N2O3/c1-4-13-11(15)10-6-5-7-14(10)12(16)17-8-9(2)3/h9-10H,4-8H2,1-3H3,(H,13,15)/t10-/m0/s1. The van der Waals surface area contributed by atoms with E-state index in [1.807, 2.05) is 20.8 Å². The summed E-state index contributed by atoms with van der Waals surface area (Å²) in [7, 11) is 0. The van der Waals surface area contributed by atoms with E-state index in [4.69, 9.17) is 4.74 Å². The van der Waals surface area contributed by atoms with Crippen molar-refractivity contribution < 1.29 is 14.3 Å². The molecule has 2 amide bonds. The van der Waals surface area contributed by atoms with E-state index in [0.717, 1.165) is 12.8 Å². The van der Waals surface area contributed by atoms with Crippen LogP contribution in [-0.2, 0) is 9.53 Å². The zero-order valence-electron chi connectivity index (χ0n) is 10.9. The first-order valence-electron chi connectivity index (χ1n) is 6.27. The molecule has 1 aliphatic heterocycles. The number of nitrogens with one attached hydrogen (secondary N) is 1. The number of carbonyl (C=O) groups excluding carboxylic acids is 2. The van der Waals surface area contributed by atoms with E-state index < -0.39 is 0 Å². The number of nitrogens with zero attached hydrogens (tertiary/aromatic N) is 1. The van der Waals surface area contributed by atoms with Crippen LogP contribution >= 0.6 is 0 Å². The fourth-order valence-corrected chi connectivity index (χ4v) is 1.87. The van der Waals surface area contributed by atoms with E-state index >= 15 is 0 Å². The molecule has 0 radical (unpaired) electrons. The molecule has 5 heteroatoms. The van der Waals surface area contributed by atoms with Crippen molar-refractivity contribution in [2.24, 2.45) is 5.92 Å². The highest BCUT2D eigenvalue weighted by molar-refractivity contribution is 5.86. The summed E-state index contributed by atoms with van der Waals surface area (Å²) < 4.78 is 5.15. The number of hydrogen-bond acceptors (Lipinski definition) is 3. The molecule has 17 heavy (non-hydrogen) atoms. The molecule has 0 aliphatic carbocycles. The molecule has 0 unspecified atom stereocenters. The lowest BCUT2D eigenvalue weighted by atomic mass is 10.2. The van der Waals surface area contributed by atoms with Crippen molar-refractivity contribution in [3.63, 3.8) is 0 Å². The van der Waals surface area contributed by atoms with E-state index in [9.17, 15) is 9.59 Å². The molecule has 0 aromatic heterocycles. The van der Waals surface area contributed by atoms with Crippen LogP contribution in [0.3, 0.4) is 0 Å². The zero-order valence-corrected chi connectivity index (χ0v) is 10.9. The van der Waals surface area contributed by atoms with Gasteiger partial charge >= 0.3 is 6.09 Å². The second kappa shape index (κ2) is 6.47. The van der Waals surface area contributed by atoms with Crippen LogP contribution in [0.15, 0.2) is 0 Å². The molecule has 1 heterocycles. The Labute approximate surface area is 102 Å². The van der Waals surface area contributed by atoms with Gasteiger partial charge in [-0.2, -0.15) is 0 Å². The largest absolute Gasteiger partial charge is 0.449 e. The third kappa shape index (κ3) is 3.91. The van der Waals surface area contributed by atoms with E-state index in [1.54, 1.807) is 0 Å². The Morgan fingerprint density at radius 2 is 2.18 bits per heavy atom. The second-order valence-corrected chi connectivity index (χ2v) is 4.72. The average Bonchev–Trinajstić information content (AvgIpc) is 2.75. The summed E-state index contributed by atoms with van der Waals surface area (Å²) in [6, 6.07) is -0.352. The summed E-state index contributed by atoms with van der Waals surface area (Å²) in [6.45, 7) is 7.44. The van der Waals surface area contributed by atoms with Crippen molar-refractivity contribution in [3.8, 4) is 0 Å². The molecule has 0 aromatic carbocycles. The highest BCUT2D eigenvalue weighted by atomic mass is 16.6. The smallest absolute Gasteiger partial charge is 0.410 e. The third-order valence-electron chi connectivity index (χ3n) is 2.68. The molecule has 1 atom stereocenters. The summed E-state index contributed by atoms with van der Waals surface area (Å²) in [6.07, 6.45) is 1.22. The number of ether oxygens (including phenoxy) is 1. The summed E-state index contributed by atoms with van der Waals surface area (Å²) in [5.41, 5.74) is 0. The van der Waals surface area contributed by atoms with Crippen LogP contribution in [0.1, 0.15) is 33.6 Å². The van der Waals surface area contributed by atoms with Crippen LogP contribution in [-0.4, -0.2) is 42.6 Å². The molecule has 1 N–H and O–H groups in total. The lowest BCUT2D eigenvalue weighted by Crippen LogP contribution is -2.46. The molecular formula is C12H22N2O3. The molecule has 0 aromatic rings. The number of hydrogen-bond donors (Lipinski definition) is 1. The molecule has 1 aliphatic rings. The van der Waals surface area contributed by atoms with Gasteiger partial charge in [0.25, 0.3) is 0 Å². The van der Waals surface area contributed by atoms with E-state index in [-0.39, 0.29) is 18.0 Å². The van der Waals surface area contributed by atoms with Gasteiger partial charge in [0, 0.05) is 13.1 Å². The van der Waals surface area contributed by atoms with Crippen LogP contribution in [0.5, 0.6) is 0 Å². The van der Waals surface area contributed by atoms with Gasteiger partial charge in [-0.1, -0.05) is 13.8 Å². The molecule has 1 rings (SSSR count). The maximum absolute atomic E-state index is 11.8. The Morgan fingerprint density at radius 3 is 2.76 bits per heavy atom. The van der Waals surface area contributed by atoms with E-state index in [1.165, 1.54) is 4.90 Å². The highest BCUT2D eigenvalue weighted by Gasteiger charge is 2.34. The fourth-order valence-electron chi connectivity index (χ4n) is 1.87. The van der Waals surface area contributed by atoms with Crippen molar-refractivity contribution >= 4 is 12.0 Å². The number of carbonyl (C=O) groups is 2. The Kier molecular flexibility index (Phi) is 5.25. The number of rotatable bonds is 4. The van der Waals surface area contributed by atoms with Gasteiger partial charge in [0.1, 0.15) is 6.04 Å². The van der Waals surface area contributed by atoms with Crippen LogP contribution in [0.4, 0.5) is 4.79 Å². The topological polar surface area (TPSA) is 58.6 Å². The first kappa shape index (κ1) is 13.8. The van der Waals surface area contributed by atoms with Gasteiger partial charge in [-0.15, -0.1) is 0 Å². The van der Waals surface area contributed by atoms with E-state index in [0.29, 0.717) is 25.6 Å². The van der Waals surface area contributed by atoms with Crippen LogP contribution < -0.4 is 5.32 Å². The maximum Gasteiger partial charge on any atom is 0.410 e. The molecule has 98 valence electrons. The van der Waals surface area contributed by atoms with Gasteiger partial charge < -0.3 is 10.1 Å². The number of likely N-dealkylation sites (N-methyl/N-ethyl adjacent to an activating group) is 1. The van der Waals surface area contributed by atoms with Crippen molar-refractivity contribution in [1.82, 2.24) is 10.2 Å². The van der Waals surface area contributed by atoms with Gasteiger partial charge in [-0.05, 0) is 25.7 Å². The monoisotopic (exact) mass is 242 g/mol. The van der Waals surface area contributed by atoms with Crippen molar-refractivity contribution in [2.45, 2.75) is 39.7 Å². The van der Waals surface area contributed by atoms with Gasteiger partial charge in [0.2, 0.25) is 5.91 Å². The second-order valence-electron chi connectivity index (χ2n) is 4.72. The molecular weight excluding hydrogens is 220 g/mol. The Balaban J connectivity index is 2.50. The van der Waals surface area contributed by atoms with Crippen molar-refractivity contribution in [3.05, 3.63) is 0 Å². The molecule has 1 saturated heterocycles. The number of amides is 2. The minimum atomic E-state index is -0.368. The van der Waals surface area contributed by atoms with Crippen LogP contribution in [0, 0.1) is 5.92 Å². The third-order valence-corrected chi connectivity index (χ3v) is 2.68. The van der Waals surface area contributed by atoms with Gasteiger partial charge in [0.05, 0.1) is 6.61 Å². The molecule has 1 fully saturated rings. The minimum absolute atomic E-state index is 0.0773. The van der Waals surface area contributed by atoms with E-state index in [2.05, 4.69) is 5.32 Å². The quantitative estimate of drug-likeness (QED) is 0.810. The summed E-state index contributed by atoms with van der Waals surface area (Å²) in [5, 5.41) is 2.75. The Morgan fingerprint density at radius 1 is 1.47 bits per heavy atom. The van der Waals surface area contributed by atoms with Gasteiger partial charge in [-0.3, -0.25) is 9.69 Å². The first-order chi connectivity index (χ1) is 8.06. The minimum Gasteiger partial charge on any atom is -0.449 e.